The van der Waals surface area contributed by atoms with Crippen LogP contribution >= 0.6 is 0 Å². The van der Waals surface area contributed by atoms with E-state index in [2.05, 4.69) is 99.8 Å². The van der Waals surface area contributed by atoms with E-state index in [9.17, 15) is 14.4 Å². The zero-order valence-corrected chi connectivity index (χ0v) is 52.4. The molecule has 0 aliphatic heterocycles. The van der Waals surface area contributed by atoms with Crippen LogP contribution in [0.4, 0.5) is 0 Å². The molecule has 456 valence electrons. The van der Waals surface area contributed by atoms with Gasteiger partial charge in [0.05, 0.1) is 0 Å². The lowest BCUT2D eigenvalue weighted by atomic mass is 10.0. The average molecular weight is 1100 g/mol. The Kier molecular flexibility index (Phi) is 64.2. The summed E-state index contributed by atoms with van der Waals surface area (Å²) in [5.74, 6) is -0.995. The van der Waals surface area contributed by atoms with Crippen LogP contribution in [0.5, 0.6) is 0 Å². The molecular formula is C73H128O6. The first-order valence-corrected chi connectivity index (χ1v) is 34.1. The van der Waals surface area contributed by atoms with Gasteiger partial charge in [0.2, 0.25) is 0 Å². The molecule has 0 aliphatic rings. The standard InChI is InChI=1S/C73H128O6/c1-4-7-10-13-16-19-22-25-27-28-29-30-31-32-33-34-35-36-37-38-39-40-41-42-43-44-46-48-51-54-57-60-63-66-72(75)78-69-70(68-77-71(74)65-62-59-56-53-50-47-24-21-18-15-12-9-6-3)79-73(76)67-64-61-58-55-52-49-45-26-23-20-17-14-11-8-5-2/h8-9,11-12,17-18,20-21,26,45,47,50,56,59,70H,4-7,10,13-16,19,22-25,27-44,46,48-49,51-55,57-58,60-69H2,1-3H3/b11-8-,12-9-,20-17-,21-18-,45-26-,50-47-,59-56-. The quantitative estimate of drug-likeness (QED) is 0.0261. The van der Waals surface area contributed by atoms with Gasteiger partial charge in [-0.1, -0.05) is 331 Å². The van der Waals surface area contributed by atoms with Gasteiger partial charge < -0.3 is 14.2 Å². The molecule has 0 aromatic rings. The summed E-state index contributed by atoms with van der Waals surface area (Å²) in [5, 5.41) is 0. The first kappa shape index (κ1) is 75.6. The third-order valence-corrected chi connectivity index (χ3v) is 14.9. The maximum absolute atomic E-state index is 12.9. The van der Waals surface area contributed by atoms with Gasteiger partial charge in [0.25, 0.3) is 0 Å². The minimum Gasteiger partial charge on any atom is -0.462 e. The summed E-state index contributed by atoms with van der Waals surface area (Å²) in [5.41, 5.74) is 0. The number of esters is 3. The zero-order chi connectivity index (χ0) is 57.1. The van der Waals surface area contributed by atoms with E-state index in [4.69, 9.17) is 14.2 Å². The van der Waals surface area contributed by atoms with Crippen LogP contribution in [-0.2, 0) is 28.6 Å². The van der Waals surface area contributed by atoms with Gasteiger partial charge in [0, 0.05) is 19.3 Å². The van der Waals surface area contributed by atoms with Crippen LogP contribution in [0.1, 0.15) is 342 Å². The topological polar surface area (TPSA) is 78.9 Å². The van der Waals surface area contributed by atoms with E-state index < -0.39 is 6.10 Å². The largest absolute Gasteiger partial charge is 0.462 e. The fourth-order valence-electron chi connectivity index (χ4n) is 9.89. The van der Waals surface area contributed by atoms with Crippen LogP contribution in [0, 0.1) is 0 Å². The molecule has 1 atom stereocenters. The molecule has 0 heterocycles. The van der Waals surface area contributed by atoms with Crippen molar-refractivity contribution in [3.05, 3.63) is 85.1 Å². The monoisotopic (exact) mass is 1100 g/mol. The van der Waals surface area contributed by atoms with Crippen LogP contribution in [0.15, 0.2) is 85.1 Å². The SMILES string of the molecule is CC/C=C\C/C=C\C/C=C\C/C=C\CCC(=O)OCC(COC(=O)CCCCCCCCCCCCCCCCCCCCCCCCCCCCCCCCCCC)OC(=O)CCCCCCC/C=C\C/C=C\C/C=C\CC. The lowest BCUT2D eigenvalue weighted by Crippen LogP contribution is -2.30. The molecule has 0 spiro atoms. The highest BCUT2D eigenvalue weighted by molar-refractivity contribution is 5.71. The first-order chi connectivity index (χ1) is 39.0. The van der Waals surface area contributed by atoms with Gasteiger partial charge in [-0.05, 0) is 77.0 Å². The molecule has 0 radical (unpaired) electrons. The summed E-state index contributed by atoms with van der Waals surface area (Å²) in [4.78, 5) is 38.2. The average Bonchev–Trinajstić information content (AvgIpc) is 3.45. The Bertz CT molecular complexity index is 1500. The number of rotatable bonds is 62. The van der Waals surface area contributed by atoms with Gasteiger partial charge in [0.1, 0.15) is 13.2 Å². The van der Waals surface area contributed by atoms with Crippen molar-refractivity contribution in [1.29, 1.82) is 0 Å². The Balaban J connectivity index is 4.13. The van der Waals surface area contributed by atoms with E-state index in [0.29, 0.717) is 19.3 Å². The van der Waals surface area contributed by atoms with Crippen LogP contribution in [-0.4, -0.2) is 37.2 Å². The number of hydrogen-bond acceptors (Lipinski definition) is 6. The van der Waals surface area contributed by atoms with Crippen LogP contribution in [0.3, 0.4) is 0 Å². The Morgan fingerprint density at radius 2 is 0.519 bits per heavy atom. The molecule has 79 heavy (non-hydrogen) atoms. The van der Waals surface area contributed by atoms with E-state index in [-0.39, 0.29) is 37.5 Å². The number of ether oxygens (including phenoxy) is 3. The van der Waals surface area contributed by atoms with Crippen LogP contribution in [0.2, 0.25) is 0 Å². The molecule has 0 aromatic carbocycles. The first-order valence-electron chi connectivity index (χ1n) is 34.1. The number of unbranched alkanes of at least 4 members (excludes halogenated alkanes) is 37. The molecule has 0 fully saturated rings. The highest BCUT2D eigenvalue weighted by atomic mass is 16.6. The molecule has 0 saturated carbocycles. The normalized spacial score (nSPS) is 12.6. The molecule has 0 bridgehead atoms. The van der Waals surface area contributed by atoms with Crippen molar-refractivity contribution >= 4 is 17.9 Å². The maximum atomic E-state index is 12.9. The van der Waals surface area contributed by atoms with Crippen molar-refractivity contribution in [2.24, 2.45) is 0 Å². The molecule has 0 N–H and O–H groups in total. The summed E-state index contributed by atoms with van der Waals surface area (Å²) < 4.78 is 16.8. The van der Waals surface area contributed by atoms with Gasteiger partial charge in [-0.3, -0.25) is 14.4 Å². The summed E-state index contributed by atoms with van der Waals surface area (Å²) in [6.07, 6.45) is 89.4. The minimum atomic E-state index is -0.814. The Morgan fingerprint density at radius 3 is 0.848 bits per heavy atom. The van der Waals surface area contributed by atoms with Gasteiger partial charge in [-0.15, -0.1) is 0 Å². The van der Waals surface area contributed by atoms with Gasteiger partial charge in [-0.2, -0.15) is 0 Å². The minimum absolute atomic E-state index is 0.104. The smallest absolute Gasteiger partial charge is 0.306 e. The summed E-state index contributed by atoms with van der Waals surface area (Å²) in [6, 6.07) is 0. The summed E-state index contributed by atoms with van der Waals surface area (Å²) in [7, 11) is 0. The fraction of sp³-hybridized carbons (Fsp3) is 0.767. The zero-order valence-electron chi connectivity index (χ0n) is 52.4. The Morgan fingerprint density at radius 1 is 0.266 bits per heavy atom. The molecule has 0 amide bonds. The molecule has 0 rings (SSSR count). The van der Waals surface area contributed by atoms with Gasteiger partial charge in [0.15, 0.2) is 6.10 Å². The number of hydrogen-bond donors (Lipinski definition) is 0. The fourth-order valence-corrected chi connectivity index (χ4v) is 9.89. The predicted molar refractivity (Wildman–Crippen MR) is 344 cm³/mol. The van der Waals surface area contributed by atoms with Crippen molar-refractivity contribution < 1.29 is 28.6 Å². The summed E-state index contributed by atoms with van der Waals surface area (Å²) >= 11 is 0. The van der Waals surface area contributed by atoms with Crippen molar-refractivity contribution in [2.75, 3.05) is 13.2 Å². The second kappa shape index (κ2) is 67.1. The Hall–Kier alpha value is -3.41. The van der Waals surface area contributed by atoms with Crippen molar-refractivity contribution in [3.8, 4) is 0 Å². The third-order valence-electron chi connectivity index (χ3n) is 14.9. The van der Waals surface area contributed by atoms with Crippen molar-refractivity contribution in [3.63, 3.8) is 0 Å². The molecule has 6 nitrogen and oxygen atoms in total. The van der Waals surface area contributed by atoms with E-state index in [1.54, 1.807) is 0 Å². The maximum Gasteiger partial charge on any atom is 0.306 e. The molecule has 1 unspecified atom stereocenters. The molecule has 6 heteroatoms. The van der Waals surface area contributed by atoms with E-state index in [1.807, 2.05) is 6.08 Å². The van der Waals surface area contributed by atoms with Gasteiger partial charge in [-0.25, -0.2) is 0 Å². The van der Waals surface area contributed by atoms with E-state index in [1.165, 1.54) is 193 Å². The van der Waals surface area contributed by atoms with Crippen LogP contribution in [0.25, 0.3) is 0 Å². The molecule has 0 aromatic heterocycles. The molecule has 0 aliphatic carbocycles. The van der Waals surface area contributed by atoms with Crippen molar-refractivity contribution in [2.45, 2.75) is 348 Å². The molecular weight excluding hydrogens is 973 g/mol. The number of carbonyl (C=O) groups is 3. The third kappa shape index (κ3) is 65.3. The Labute approximate surface area is 490 Å². The van der Waals surface area contributed by atoms with Crippen LogP contribution < -0.4 is 0 Å². The van der Waals surface area contributed by atoms with Crippen molar-refractivity contribution in [1.82, 2.24) is 0 Å². The van der Waals surface area contributed by atoms with Gasteiger partial charge >= 0.3 is 17.9 Å². The lowest BCUT2D eigenvalue weighted by molar-refractivity contribution is -0.166. The highest BCUT2D eigenvalue weighted by Crippen LogP contribution is 2.18. The highest BCUT2D eigenvalue weighted by Gasteiger charge is 2.19. The second-order valence-electron chi connectivity index (χ2n) is 22.7. The number of carbonyl (C=O) groups excluding carboxylic acids is 3. The lowest BCUT2D eigenvalue weighted by Gasteiger charge is -2.18. The summed E-state index contributed by atoms with van der Waals surface area (Å²) in [6.45, 7) is 6.37. The second-order valence-corrected chi connectivity index (χ2v) is 22.7. The predicted octanol–water partition coefficient (Wildman–Crippen LogP) is 23.4. The van der Waals surface area contributed by atoms with E-state index >= 15 is 0 Å². The van der Waals surface area contributed by atoms with E-state index in [0.717, 1.165) is 103 Å². The molecule has 0 saturated heterocycles. The number of allylic oxidation sites excluding steroid dienone is 14.